The normalized spacial score (nSPS) is 13.5. The highest BCUT2D eigenvalue weighted by molar-refractivity contribution is 7.12. The number of fused-ring (bicyclic) bond motifs is 1. The Morgan fingerprint density at radius 1 is 1.29 bits per heavy atom. The summed E-state index contributed by atoms with van der Waals surface area (Å²) in [5, 5.41) is 4.48. The molecule has 4 nitrogen and oxygen atoms in total. The van der Waals surface area contributed by atoms with E-state index in [1.807, 2.05) is 0 Å². The van der Waals surface area contributed by atoms with Gasteiger partial charge < -0.3 is 10.2 Å². The van der Waals surface area contributed by atoms with E-state index in [0.717, 1.165) is 6.07 Å². The summed E-state index contributed by atoms with van der Waals surface area (Å²) in [4.78, 5) is 26.2. The Bertz CT molecular complexity index is 762. The van der Waals surface area contributed by atoms with Crippen molar-refractivity contribution < 1.29 is 18.4 Å². The molecule has 0 radical (unpaired) electrons. The summed E-state index contributed by atoms with van der Waals surface area (Å²) in [6.45, 7) is 0.604. The van der Waals surface area contributed by atoms with Crippen LogP contribution in [0.3, 0.4) is 0 Å². The van der Waals surface area contributed by atoms with Crippen molar-refractivity contribution >= 4 is 28.8 Å². The van der Waals surface area contributed by atoms with E-state index in [1.54, 1.807) is 17.5 Å². The van der Waals surface area contributed by atoms with Crippen molar-refractivity contribution in [1.29, 1.82) is 0 Å². The summed E-state index contributed by atoms with van der Waals surface area (Å²) in [7, 11) is 0. The minimum absolute atomic E-state index is 0.0781. The van der Waals surface area contributed by atoms with Gasteiger partial charge in [-0.25, -0.2) is 8.78 Å². The first-order chi connectivity index (χ1) is 11.6. The number of halogens is 2. The third kappa shape index (κ3) is 3.46. The second kappa shape index (κ2) is 7.09. The van der Waals surface area contributed by atoms with E-state index in [-0.39, 0.29) is 24.8 Å². The Morgan fingerprint density at radius 2 is 2.12 bits per heavy atom. The van der Waals surface area contributed by atoms with Crippen molar-refractivity contribution in [2.24, 2.45) is 0 Å². The number of carbonyl (C=O) groups excluding carboxylic acids is 2. The molecule has 2 heterocycles. The van der Waals surface area contributed by atoms with Gasteiger partial charge in [0, 0.05) is 31.1 Å². The van der Waals surface area contributed by atoms with Crippen LogP contribution >= 0.6 is 11.3 Å². The van der Waals surface area contributed by atoms with Crippen LogP contribution in [0.25, 0.3) is 0 Å². The number of hydrogen-bond acceptors (Lipinski definition) is 3. The van der Waals surface area contributed by atoms with Crippen molar-refractivity contribution in [3.05, 3.63) is 51.7 Å². The molecule has 0 saturated carbocycles. The van der Waals surface area contributed by atoms with Crippen molar-refractivity contribution in [3.8, 4) is 0 Å². The van der Waals surface area contributed by atoms with E-state index in [9.17, 15) is 18.4 Å². The SMILES string of the molecule is O=C(NCCC(=O)N1CCCc2c(F)cc(F)cc21)c1cccs1. The quantitative estimate of drug-likeness (QED) is 0.921. The van der Waals surface area contributed by atoms with Crippen LogP contribution in [0.15, 0.2) is 29.6 Å². The molecule has 24 heavy (non-hydrogen) atoms. The van der Waals surface area contributed by atoms with Crippen LogP contribution in [0.4, 0.5) is 14.5 Å². The fourth-order valence-corrected chi connectivity index (χ4v) is 3.42. The monoisotopic (exact) mass is 350 g/mol. The number of nitrogens with one attached hydrogen (secondary N) is 1. The Morgan fingerprint density at radius 3 is 2.88 bits per heavy atom. The second-order valence-corrected chi connectivity index (χ2v) is 6.47. The lowest BCUT2D eigenvalue weighted by molar-refractivity contribution is -0.118. The molecule has 7 heteroatoms. The molecule has 1 N–H and O–H groups in total. The van der Waals surface area contributed by atoms with Crippen LogP contribution < -0.4 is 10.2 Å². The third-order valence-corrected chi connectivity index (χ3v) is 4.78. The van der Waals surface area contributed by atoms with Gasteiger partial charge in [0.15, 0.2) is 0 Å². The minimum atomic E-state index is -0.697. The van der Waals surface area contributed by atoms with Gasteiger partial charge in [0.25, 0.3) is 5.91 Å². The molecule has 2 aromatic rings. The zero-order valence-electron chi connectivity index (χ0n) is 12.9. The average Bonchev–Trinajstić information content (AvgIpc) is 3.08. The number of thiophene rings is 1. The molecule has 1 aliphatic rings. The molecule has 0 aliphatic carbocycles. The number of benzene rings is 1. The molecular formula is C17H16F2N2O2S. The molecule has 0 bridgehead atoms. The number of amides is 2. The standard InChI is InChI=1S/C17H16F2N2O2S/c18-11-9-13(19)12-3-1-7-21(14(12)10-11)16(22)5-6-20-17(23)15-4-2-8-24-15/h2,4,8-10H,1,3,5-7H2,(H,20,23). The van der Waals surface area contributed by atoms with Crippen molar-refractivity contribution in [2.75, 3.05) is 18.0 Å². The highest BCUT2D eigenvalue weighted by Crippen LogP contribution is 2.30. The van der Waals surface area contributed by atoms with E-state index in [1.165, 1.54) is 22.3 Å². The number of rotatable bonds is 4. The van der Waals surface area contributed by atoms with Gasteiger partial charge in [0.05, 0.1) is 10.6 Å². The summed E-state index contributed by atoms with van der Waals surface area (Å²) < 4.78 is 27.3. The lowest BCUT2D eigenvalue weighted by Crippen LogP contribution is -2.38. The smallest absolute Gasteiger partial charge is 0.261 e. The highest BCUT2D eigenvalue weighted by atomic mass is 32.1. The summed E-state index contributed by atoms with van der Waals surface area (Å²) >= 11 is 1.32. The molecule has 0 atom stereocenters. The molecule has 0 spiro atoms. The van der Waals surface area contributed by atoms with Gasteiger partial charge >= 0.3 is 0 Å². The first-order valence-electron chi connectivity index (χ1n) is 7.66. The van der Waals surface area contributed by atoms with Crippen LogP contribution in [-0.4, -0.2) is 24.9 Å². The van der Waals surface area contributed by atoms with E-state index in [2.05, 4.69) is 5.32 Å². The molecule has 126 valence electrons. The van der Waals surface area contributed by atoms with Crippen LogP contribution in [0.1, 0.15) is 28.1 Å². The molecule has 1 aromatic heterocycles. The van der Waals surface area contributed by atoms with E-state index in [4.69, 9.17) is 0 Å². The van der Waals surface area contributed by atoms with Gasteiger partial charge in [-0.2, -0.15) is 0 Å². The zero-order chi connectivity index (χ0) is 17.1. The van der Waals surface area contributed by atoms with Crippen LogP contribution in [0, 0.1) is 11.6 Å². The predicted molar refractivity (Wildman–Crippen MR) is 88.3 cm³/mol. The summed E-state index contributed by atoms with van der Waals surface area (Å²) in [6.07, 6.45) is 1.19. The zero-order valence-corrected chi connectivity index (χ0v) is 13.7. The van der Waals surface area contributed by atoms with Gasteiger partial charge in [-0.05, 0) is 30.4 Å². The molecule has 0 fully saturated rings. The maximum Gasteiger partial charge on any atom is 0.261 e. The summed E-state index contributed by atoms with van der Waals surface area (Å²) in [5.41, 5.74) is 0.673. The second-order valence-electron chi connectivity index (χ2n) is 5.52. The van der Waals surface area contributed by atoms with E-state index in [0.29, 0.717) is 35.5 Å². The predicted octanol–water partition coefficient (Wildman–Crippen LogP) is 3.13. The number of anilines is 1. The van der Waals surface area contributed by atoms with Gasteiger partial charge in [0.1, 0.15) is 11.6 Å². The lowest BCUT2D eigenvalue weighted by atomic mass is 10.0. The number of carbonyl (C=O) groups is 2. The first kappa shape index (κ1) is 16.6. The largest absolute Gasteiger partial charge is 0.351 e. The third-order valence-electron chi connectivity index (χ3n) is 3.91. The van der Waals surface area contributed by atoms with Crippen LogP contribution in [0.5, 0.6) is 0 Å². The minimum Gasteiger partial charge on any atom is -0.351 e. The van der Waals surface area contributed by atoms with Crippen LogP contribution in [0.2, 0.25) is 0 Å². The molecule has 0 saturated heterocycles. The van der Waals surface area contributed by atoms with Gasteiger partial charge in [-0.15, -0.1) is 11.3 Å². The Kier molecular flexibility index (Phi) is 4.89. The maximum absolute atomic E-state index is 13.9. The lowest BCUT2D eigenvalue weighted by Gasteiger charge is -2.30. The van der Waals surface area contributed by atoms with Crippen molar-refractivity contribution in [1.82, 2.24) is 5.32 Å². The van der Waals surface area contributed by atoms with Crippen LogP contribution in [-0.2, 0) is 11.2 Å². The average molecular weight is 350 g/mol. The summed E-state index contributed by atoms with van der Waals surface area (Å²) in [6, 6.07) is 5.51. The molecule has 3 rings (SSSR count). The van der Waals surface area contributed by atoms with Crippen molar-refractivity contribution in [3.63, 3.8) is 0 Å². The van der Waals surface area contributed by atoms with Gasteiger partial charge in [-0.3, -0.25) is 9.59 Å². The first-order valence-corrected chi connectivity index (χ1v) is 8.54. The van der Waals surface area contributed by atoms with E-state index < -0.39 is 11.6 Å². The fourth-order valence-electron chi connectivity index (χ4n) is 2.78. The molecule has 0 unspecified atom stereocenters. The number of nitrogens with zero attached hydrogens (tertiary/aromatic N) is 1. The molecule has 1 aromatic carbocycles. The molecule has 1 aliphatic heterocycles. The maximum atomic E-state index is 13.9. The summed E-state index contributed by atoms with van der Waals surface area (Å²) in [5.74, 6) is -1.80. The molecular weight excluding hydrogens is 334 g/mol. The van der Waals surface area contributed by atoms with Crippen molar-refractivity contribution in [2.45, 2.75) is 19.3 Å². The fraction of sp³-hybridized carbons (Fsp3) is 0.294. The Balaban J connectivity index is 1.63. The Hall–Kier alpha value is -2.28. The van der Waals surface area contributed by atoms with Gasteiger partial charge in [-0.1, -0.05) is 6.07 Å². The molecule has 2 amide bonds. The van der Waals surface area contributed by atoms with E-state index >= 15 is 0 Å². The van der Waals surface area contributed by atoms with Gasteiger partial charge in [0.2, 0.25) is 5.91 Å². The number of hydrogen-bond donors (Lipinski definition) is 1. The highest BCUT2D eigenvalue weighted by Gasteiger charge is 2.25. The Labute approximate surface area is 142 Å². The topological polar surface area (TPSA) is 49.4 Å².